The monoisotopic (exact) mass is 450 g/mol. The van der Waals surface area contributed by atoms with Gasteiger partial charge in [-0.3, -0.25) is 14.2 Å². The van der Waals surface area contributed by atoms with Gasteiger partial charge in [0.1, 0.15) is 0 Å². The summed E-state index contributed by atoms with van der Waals surface area (Å²) in [6.07, 6.45) is 4.16. The second kappa shape index (κ2) is 9.70. The van der Waals surface area contributed by atoms with Crippen molar-refractivity contribution in [1.29, 1.82) is 0 Å². The molecule has 0 radical (unpaired) electrons. The van der Waals surface area contributed by atoms with Crippen LogP contribution in [0.15, 0.2) is 77.7 Å². The predicted molar refractivity (Wildman–Crippen MR) is 125 cm³/mol. The summed E-state index contributed by atoms with van der Waals surface area (Å²) in [5.74, 6) is -0.214. The van der Waals surface area contributed by atoms with Crippen molar-refractivity contribution in [3.63, 3.8) is 0 Å². The van der Waals surface area contributed by atoms with E-state index < -0.39 is 0 Å². The molecule has 2 atom stereocenters. The third kappa shape index (κ3) is 5.18. The lowest BCUT2D eigenvalue weighted by molar-refractivity contribution is 0.0932. The Hall–Kier alpha value is -3.58. The highest BCUT2D eigenvalue weighted by Gasteiger charge is 2.30. The Labute approximate surface area is 190 Å². The van der Waals surface area contributed by atoms with E-state index in [9.17, 15) is 14.4 Å². The van der Waals surface area contributed by atoms with Gasteiger partial charge in [-0.05, 0) is 73.9 Å². The van der Waals surface area contributed by atoms with Crippen LogP contribution in [-0.4, -0.2) is 28.6 Å². The number of halogens is 1. The van der Waals surface area contributed by atoms with Crippen LogP contribution in [0.5, 0.6) is 0 Å². The number of carbonyl (C=O) groups is 2. The predicted octanol–water partition coefficient (Wildman–Crippen LogP) is 3.96. The Kier molecular flexibility index (Phi) is 6.56. The van der Waals surface area contributed by atoms with Gasteiger partial charge >= 0.3 is 6.03 Å². The number of amides is 3. The molecule has 3 amide bonds. The summed E-state index contributed by atoms with van der Waals surface area (Å²) in [6.45, 7) is 0. The minimum absolute atomic E-state index is 0.138. The average molecular weight is 451 g/mol. The topological polar surface area (TPSA) is 92.2 Å². The largest absolute Gasteiger partial charge is 0.347 e. The second-order valence-electron chi connectivity index (χ2n) is 7.68. The Morgan fingerprint density at radius 1 is 0.875 bits per heavy atom. The Bertz CT molecular complexity index is 1160. The number of anilines is 1. The molecule has 4 rings (SSSR count). The summed E-state index contributed by atoms with van der Waals surface area (Å²) in [5, 5.41) is 9.35. The summed E-state index contributed by atoms with van der Waals surface area (Å²) < 4.78 is 1.51. The summed E-state index contributed by atoms with van der Waals surface area (Å²) in [7, 11) is 0. The SMILES string of the molecule is O=C(Nc1ccc(Cl)cc1)N[C@H]1CCC[C@H]1NC(=O)c1ccc(-n2ccccc2=O)cc1. The second-order valence-corrected chi connectivity index (χ2v) is 8.11. The molecule has 1 saturated carbocycles. The van der Waals surface area contributed by atoms with Crippen molar-refractivity contribution in [2.75, 3.05) is 5.32 Å². The Balaban J connectivity index is 1.36. The van der Waals surface area contributed by atoms with Crippen LogP contribution in [0.3, 0.4) is 0 Å². The number of pyridine rings is 1. The normalized spacial score (nSPS) is 17.5. The lowest BCUT2D eigenvalue weighted by Gasteiger charge is -2.22. The van der Waals surface area contributed by atoms with Gasteiger partial charge in [-0.15, -0.1) is 0 Å². The quantitative estimate of drug-likeness (QED) is 0.549. The van der Waals surface area contributed by atoms with Gasteiger partial charge in [0.15, 0.2) is 0 Å². The molecule has 0 bridgehead atoms. The summed E-state index contributed by atoms with van der Waals surface area (Å²) in [4.78, 5) is 37.1. The molecule has 1 aliphatic rings. The fraction of sp³-hybridized carbons (Fsp3) is 0.208. The van der Waals surface area contributed by atoms with E-state index in [1.165, 1.54) is 10.6 Å². The van der Waals surface area contributed by atoms with Gasteiger partial charge in [-0.2, -0.15) is 0 Å². The maximum absolute atomic E-state index is 12.7. The van der Waals surface area contributed by atoms with Crippen molar-refractivity contribution in [1.82, 2.24) is 15.2 Å². The van der Waals surface area contributed by atoms with E-state index in [0.717, 1.165) is 19.3 Å². The number of rotatable bonds is 5. The van der Waals surface area contributed by atoms with Crippen LogP contribution in [0.2, 0.25) is 5.02 Å². The average Bonchev–Trinajstić information content (AvgIpc) is 3.22. The highest BCUT2D eigenvalue weighted by atomic mass is 35.5. The lowest BCUT2D eigenvalue weighted by atomic mass is 10.1. The van der Waals surface area contributed by atoms with Crippen molar-refractivity contribution < 1.29 is 9.59 Å². The molecule has 8 heteroatoms. The van der Waals surface area contributed by atoms with E-state index in [1.54, 1.807) is 66.9 Å². The van der Waals surface area contributed by atoms with Crippen molar-refractivity contribution in [2.45, 2.75) is 31.3 Å². The van der Waals surface area contributed by atoms with Gasteiger partial charge in [-0.25, -0.2) is 4.79 Å². The zero-order chi connectivity index (χ0) is 22.5. The first-order valence-corrected chi connectivity index (χ1v) is 10.8. The van der Waals surface area contributed by atoms with Crippen molar-refractivity contribution >= 4 is 29.2 Å². The summed E-state index contributed by atoms with van der Waals surface area (Å²) in [5.41, 5.74) is 1.69. The standard InChI is InChI=1S/C24H23ClN4O3/c25-17-9-11-18(12-10-17)26-24(32)28-21-5-3-4-20(21)27-23(31)16-7-13-19(14-8-16)29-15-2-1-6-22(29)30/h1-2,6-15,20-21H,3-5H2,(H,27,31)(H2,26,28,32)/t20-,21+/m1/s1. The number of carbonyl (C=O) groups excluding carboxylic acids is 2. The number of urea groups is 1. The van der Waals surface area contributed by atoms with Crippen molar-refractivity contribution in [3.8, 4) is 5.69 Å². The number of hydrogen-bond acceptors (Lipinski definition) is 3. The Morgan fingerprint density at radius 3 is 2.25 bits per heavy atom. The molecule has 0 spiro atoms. The van der Waals surface area contributed by atoms with E-state index in [-0.39, 0.29) is 29.6 Å². The maximum atomic E-state index is 12.7. The van der Waals surface area contributed by atoms with Gasteiger partial charge in [0.05, 0.1) is 6.04 Å². The first-order valence-electron chi connectivity index (χ1n) is 10.4. The number of aromatic nitrogens is 1. The molecule has 164 valence electrons. The van der Waals surface area contributed by atoms with Gasteiger partial charge in [-0.1, -0.05) is 17.7 Å². The molecular formula is C24H23ClN4O3. The number of benzene rings is 2. The number of nitrogens with one attached hydrogen (secondary N) is 3. The van der Waals surface area contributed by atoms with E-state index in [4.69, 9.17) is 11.6 Å². The van der Waals surface area contributed by atoms with E-state index >= 15 is 0 Å². The van der Waals surface area contributed by atoms with Gasteiger partial charge in [0.25, 0.3) is 11.5 Å². The van der Waals surface area contributed by atoms with Gasteiger partial charge in [0.2, 0.25) is 0 Å². The van der Waals surface area contributed by atoms with E-state index in [1.807, 2.05) is 0 Å². The fourth-order valence-electron chi connectivity index (χ4n) is 3.84. The molecule has 7 nitrogen and oxygen atoms in total. The molecule has 3 aromatic rings. The zero-order valence-electron chi connectivity index (χ0n) is 17.3. The summed E-state index contributed by atoms with van der Waals surface area (Å²) >= 11 is 5.87. The number of nitrogens with zero attached hydrogens (tertiary/aromatic N) is 1. The molecule has 1 fully saturated rings. The highest BCUT2D eigenvalue weighted by molar-refractivity contribution is 6.30. The molecule has 0 unspecified atom stereocenters. The number of hydrogen-bond donors (Lipinski definition) is 3. The van der Waals surface area contributed by atoms with E-state index in [0.29, 0.717) is 22.0 Å². The molecule has 0 aliphatic heterocycles. The van der Waals surface area contributed by atoms with Crippen molar-refractivity contribution in [3.05, 3.63) is 93.9 Å². The van der Waals surface area contributed by atoms with Crippen LogP contribution in [0.1, 0.15) is 29.6 Å². The van der Waals surface area contributed by atoms with Crippen LogP contribution in [0.4, 0.5) is 10.5 Å². The molecule has 32 heavy (non-hydrogen) atoms. The molecule has 0 saturated heterocycles. The first-order chi connectivity index (χ1) is 15.5. The maximum Gasteiger partial charge on any atom is 0.319 e. The van der Waals surface area contributed by atoms with E-state index in [2.05, 4.69) is 16.0 Å². The molecule has 1 aliphatic carbocycles. The smallest absolute Gasteiger partial charge is 0.319 e. The minimum Gasteiger partial charge on any atom is -0.347 e. The van der Waals surface area contributed by atoms with Crippen LogP contribution in [0.25, 0.3) is 5.69 Å². The fourth-order valence-corrected chi connectivity index (χ4v) is 3.97. The van der Waals surface area contributed by atoms with Crippen LogP contribution >= 0.6 is 11.6 Å². The molecule has 1 heterocycles. The molecular weight excluding hydrogens is 428 g/mol. The lowest BCUT2D eigenvalue weighted by Crippen LogP contribution is -2.49. The molecule has 3 N–H and O–H groups in total. The van der Waals surface area contributed by atoms with Crippen LogP contribution < -0.4 is 21.5 Å². The first kappa shape index (κ1) is 21.6. The highest BCUT2D eigenvalue weighted by Crippen LogP contribution is 2.20. The molecule has 1 aromatic heterocycles. The van der Waals surface area contributed by atoms with Crippen LogP contribution in [-0.2, 0) is 0 Å². The van der Waals surface area contributed by atoms with Gasteiger partial charge < -0.3 is 16.0 Å². The molecule has 2 aromatic carbocycles. The summed E-state index contributed by atoms with van der Waals surface area (Å²) in [6, 6.07) is 18.0. The third-order valence-corrected chi connectivity index (χ3v) is 5.73. The minimum atomic E-state index is -0.323. The Morgan fingerprint density at radius 2 is 1.56 bits per heavy atom. The van der Waals surface area contributed by atoms with Gasteiger partial charge in [0, 0.05) is 40.3 Å². The third-order valence-electron chi connectivity index (χ3n) is 5.48. The van der Waals surface area contributed by atoms with Crippen LogP contribution in [0, 0.1) is 0 Å². The van der Waals surface area contributed by atoms with Crippen molar-refractivity contribution in [2.24, 2.45) is 0 Å². The zero-order valence-corrected chi connectivity index (χ0v) is 18.0.